The highest BCUT2D eigenvalue weighted by atomic mass is 32.2. The van der Waals surface area contributed by atoms with Gasteiger partial charge < -0.3 is 10.2 Å². The number of hydrogen-bond acceptors (Lipinski definition) is 3. The predicted molar refractivity (Wildman–Crippen MR) is 85.2 cm³/mol. The van der Waals surface area contributed by atoms with Crippen molar-refractivity contribution in [3.8, 4) is 0 Å². The lowest BCUT2D eigenvalue weighted by molar-refractivity contribution is -0.137. The summed E-state index contributed by atoms with van der Waals surface area (Å²) in [7, 11) is 0. The summed E-state index contributed by atoms with van der Waals surface area (Å²) in [6, 6.07) is 0.104. The van der Waals surface area contributed by atoms with Gasteiger partial charge in [0.05, 0.1) is 0 Å². The van der Waals surface area contributed by atoms with E-state index in [1.165, 1.54) is 19.3 Å². The molecule has 0 aromatic heterocycles. The van der Waals surface area contributed by atoms with Gasteiger partial charge in [-0.25, -0.2) is 0 Å². The Morgan fingerprint density at radius 1 is 1.00 bits per heavy atom. The minimum atomic E-state index is -0.255. The van der Waals surface area contributed by atoms with Gasteiger partial charge in [-0.3, -0.25) is 9.59 Å². The van der Waals surface area contributed by atoms with Crippen LogP contribution in [0.15, 0.2) is 0 Å². The molecule has 0 bridgehead atoms. The molecular weight excluding hydrogens is 284 g/mol. The minimum Gasteiger partial charge on any atom is -0.344 e. The van der Waals surface area contributed by atoms with Crippen molar-refractivity contribution in [2.75, 3.05) is 18.1 Å². The normalized spacial score (nSPS) is 30.1. The lowest BCUT2D eigenvalue weighted by Gasteiger charge is -2.37. The van der Waals surface area contributed by atoms with Gasteiger partial charge in [0, 0.05) is 19.0 Å². The molecule has 2 aliphatic heterocycles. The molecule has 1 N–H and O–H groups in total. The number of nitrogens with one attached hydrogen (secondary N) is 1. The lowest BCUT2D eigenvalue weighted by atomic mass is 9.83. The molecule has 2 heterocycles. The van der Waals surface area contributed by atoms with E-state index in [9.17, 15) is 9.59 Å². The van der Waals surface area contributed by atoms with E-state index in [1.807, 2.05) is 16.7 Å². The first-order chi connectivity index (χ1) is 10.3. The molecule has 0 aromatic carbocycles. The smallest absolute Gasteiger partial charge is 0.245 e. The molecule has 0 aromatic rings. The first-order valence-electron chi connectivity index (χ1n) is 8.43. The minimum absolute atomic E-state index is 0.0617. The van der Waals surface area contributed by atoms with Gasteiger partial charge in [-0.1, -0.05) is 19.3 Å². The zero-order chi connectivity index (χ0) is 14.7. The summed E-state index contributed by atoms with van der Waals surface area (Å²) in [6.45, 7) is 0.614. The van der Waals surface area contributed by atoms with Crippen LogP contribution in [0.1, 0.15) is 51.4 Å². The topological polar surface area (TPSA) is 49.4 Å². The third-order valence-corrected chi connectivity index (χ3v) is 6.25. The summed E-state index contributed by atoms with van der Waals surface area (Å²) in [5, 5.41) is 3.03. The van der Waals surface area contributed by atoms with E-state index in [0.717, 1.165) is 37.2 Å². The summed E-state index contributed by atoms with van der Waals surface area (Å²) in [5.41, 5.74) is 0. The Bertz CT molecular complexity index is 390. The molecule has 3 fully saturated rings. The van der Waals surface area contributed by atoms with Crippen molar-refractivity contribution in [2.45, 2.75) is 63.5 Å². The van der Waals surface area contributed by atoms with Crippen LogP contribution in [-0.4, -0.2) is 46.8 Å². The van der Waals surface area contributed by atoms with Crippen LogP contribution < -0.4 is 5.32 Å². The zero-order valence-electron chi connectivity index (χ0n) is 12.7. The second-order valence-corrected chi connectivity index (χ2v) is 7.79. The van der Waals surface area contributed by atoms with Crippen molar-refractivity contribution in [3.05, 3.63) is 0 Å². The van der Waals surface area contributed by atoms with Gasteiger partial charge in [0.15, 0.2) is 0 Å². The van der Waals surface area contributed by atoms with Crippen molar-refractivity contribution in [1.29, 1.82) is 0 Å². The van der Waals surface area contributed by atoms with Crippen LogP contribution in [-0.2, 0) is 9.59 Å². The molecule has 21 heavy (non-hydrogen) atoms. The molecule has 3 rings (SSSR count). The number of carbonyl (C=O) groups is 2. The molecule has 5 heteroatoms. The van der Waals surface area contributed by atoms with Crippen molar-refractivity contribution < 1.29 is 9.59 Å². The summed E-state index contributed by atoms with van der Waals surface area (Å²) in [5.74, 6) is 2.90. The number of rotatable bonds is 2. The van der Waals surface area contributed by atoms with Crippen LogP contribution in [0.4, 0.5) is 0 Å². The Kier molecular flexibility index (Phi) is 5.09. The van der Waals surface area contributed by atoms with Crippen LogP contribution >= 0.6 is 11.8 Å². The Hall–Kier alpha value is -0.710. The number of hydrogen-bond donors (Lipinski definition) is 1. The maximum absolute atomic E-state index is 13.0. The predicted octanol–water partition coefficient (Wildman–Crippen LogP) is 2.18. The van der Waals surface area contributed by atoms with Crippen molar-refractivity contribution in [3.63, 3.8) is 0 Å². The first kappa shape index (κ1) is 15.2. The molecule has 1 unspecified atom stereocenters. The SMILES string of the molecule is O=C1CCN(C2CCSCC2)C(=O)C(C2CCCCC2)N1. The van der Waals surface area contributed by atoms with Gasteiger partial charge in [-0.05, 0) is 43.1 Å². The highest BCUT2D eigenvalue weighted by molar-refractivity contribution is 7.99. The fourth-order valence-corrected chi connectivity index (χ4v) is 5.05. The van der Waals surface area contributed by atoms with Crippen molar-refractivity contribution in [1.82, 2.24) is 10.2 Å². The largest absolute Gasteiger partial charge is 0.344 e. The lowest BCUT2D eigenvalue weighted by Crippen LogP contribution is -2.52. The molecule has 3 aliphatic rings. The standard InChI is InChI=1S/C16H26N2O2S/c19-14-6-9-18(13-7-10-21-11-8-13)16(20)15(17-14)12-4-2-1-3-5-12/h12-13,15H,1-11H2,(H,17,19). The van der Waals surface area contributed by atoms with E-state index in [0.29, 0.717) is 24.9 Å². The Morgan fingerprint density at radius 3 is 2.43 bits per heavy atom. The highest BCUT2D eigenvalue weighted by Crippen LogP contribution is 2.30. The van der Waals surface area contributed by atoms with Crippen molar-refractivity contribution in [2.24, 2.45) is 5.92 Å². The van der Waals surface area contributed by atoms with E-state index in [-0.39, 0.29) is 17.9 Å². The zero-order valence-corrected chi connectivity index (χ0v) is 13.5. The molecule has 118 valence electrons. The summed E-state index contributed by atoms with van der Waals surface area (Å²) in [6.07, 6.45) is 8.49. The number of nitrogens with zero attached hydrogens (tertiary/aromatic N) is 1. The van der Waals surface area contributed by atoms with Gasteiger partial charge in [0.25, 0.3) is 0 Å². The number of thioether (sulfide) groups is 1. The van der Waals surface area contributed by atoms with Crippen LogP contribution in [0.5, 0.6) is 0 Å². The summed E-state index contributed by atoms with van der Waals surface area (Å²) < 4.78 is 0. The van der Waals surface area contributed by atoms with Crippen LogP contribution in [0.25, 0.3) is 0 Å². The second-order valence-electron chi connectivity index (χ2n) is 6.57. The fourth-order valence-electron chi connectivity index (χ4n) is 3.96. The average molecular weight is 310 g/mol. The summed E-state index contributed by atoms with van der Waals surface area (Å²) >= 11 is 1.98. The number of carbonyl (C=O) groups excluding carboxylic acids is 2. The molecule has 0 radical (unpaired) electrons. The third-order valence-electron chi connectivity index (χ3n) is 5.20. The van der Waals surface area contributed by atoms with E-state index >= 15 is 0 Å². The maximum atomic E-state index is 13.0. The van der Waals surface area contributed by atoms with Crippen LogP contribution in [0, 0.1) is 5.92 Å². The Morgan fingerprint density at radius 2 is 1.71 bits per heavy atom. The van der Waals surface area contributed by atoms with Gasteiger partial charge >= 0.3 is 0 Å². The van der Waals surface area contributed by atoms with Gasteiger partial charge in [0.2, 0.25) is 11.8 Å². The quantitative estimate of drug-likeness (QED) is 0.850. The van der Waals surface area contributed by atoms with Crippen molar-refractivity contribution >= 4 is 23.6 Å². The van der Waals surface area contributed by atoms with E-state index in [2.05, 4.69) is 5.32 Å². The average Bonchev–Trinajstić information content (AvgIpc) is 2.68. The maximum Gasteiger partial charge on any atom is 0.245 e. The second kappa shape index (κ2) is 7.03. The monoisotopic (exact) mass is 310 g/mol. The van der Waals surface area contributed by atoms with E-state index < -0.39 is 0 Å². The molecule has 2 saturated heterocycles. The molecule has 1 aliphatic carbocycles. The van der Waals surface area contributed by atoms with Gasteiger partial charge in [-0.2, -0.15) is 11.8 Å². The van der Waals surface area contributed by atoms with Crippen LogP contribution in [0.2, 0.25) is 0 Å². The molecule has 2 amide bonds. The summed E-state index contributed by atoms with van der Waals surface area (Å²) in [4.78, 5) is 27.0. The molecule has 4 nitrogen and oxygen atoms in total. The van der Waals surface area contributed by atoms with E-state index in [4.69, 9.17) is 0 Å². The molecule has 1 saturated carbocycles. The number of amides is 2. The van der Waals surface area contributed by atoms with E-state index in [1.54, 1.807) is 0 Å². The highest BCUT2D eigenvalue weighted by Gasteiger charge is 2.38. The van der Waals surface area contributed by atoms with Gasteiger partial charge in [-0.15, -0.1) is 0 Å². The molecule has 0 spiro atoms. The fraction of sp³-hybridized carbons (Fsp3) is 0.875. The van der Waals surface area contributed by atoms with Crippen LogP contribution in [0.3, 0.4) is 0 Å². The third kappa shape index (κ3) is 3.55. The molecule has 1 atom stereocenters. The van der Waals surface area contributed by atoms with Gasteiger partial charge in [0.1, 0.15) is 6.04 Å². The first-order valence-corrected chi connectivity index (χ1v) is 9.59. The Balaban J connectivity index is 1.74. The molecular formula is C16H26N2O2S. The Labute approximate surface area is 131 Å².